The van der Waals surface area contributed by atoms with Crippen LogP contribution < -0.4 is 87.4 Å². The molecule has 1 atom stereocenters. The number of rotatable bonds is 11. The third-order valence-corrected chi connectivity index (χ3v) is 11.2. The predicted molar refractivity (Wildman–Crippen MR) is 273 cm³/mol. The third-order valence-electron chi connectivity index (χ3n) is 10.8. The van der Waals surface area contributed by atoms with Crippen molar-refractivity contribution < 1.29 is 118 Å². The summed E-state index contributed by atoms with van der Waals surface area (Å²) in [7, 11) is -4.78. The van der Waals surface area contributed by atoms with E-state index in [1.54, 1.807) is 43.3 Å². The van der Waals surface area contributed by atoms with Crippen LogP contribution in [-0.2, 0) is 41.3 Å². The van der Waals surface area contributed by atoms with Crippen molar-refractivity contribution in [3.63, 3.8) is 0 Å². The van der Waals surface area contributed by atoms with E-state index in [4.69, 9.17) is 36.4 Å². The molecule has 4 N–H and O–H groups in total. The molecule has 6 aromatic heterocycles. The first-order valence-corrected chi connectivity index (χ1v) is 40.8. The molecule has 0 aliphatic carbocycles. The molecule has 2 aliphatic rings. The van der Waals surface area contributed by atoms with Crippen molar-refractivity contribution in [3.05, 3.63) is 138 Å². The summed E-state index contributed by atoms with van der Waals surface area (Å²) in [5.74, 6) is -2.50. The van der Waals surface area contributed by atoms with Gasteiger partial charge in [-0.2, -0.15) is 8.78 Å². The standard InChI is InChI=1S/C23H22F2N6O2.C18H19ClFN5O2.C5H5BFNO2.3K.HO4P/c1-15(32)30-6-8-31(9-7-30)18-2-3-21(27-14-18)29-22(33)11-16-10-19(24)23(28-13-16)17-4-5-26-20(25)12-17;1-12(26)24-4-6-25(7-5-24)14-2-3-16(21-11-14)23-17(27)9-13-8-15(20)18(19)22-10-13;7-5-3-4(6(9)10)1-2-8-5;;;;1-4-5(2)3/h2-5,10,12-14H,6-9,11H2,1H3,(H,27,29,33);2-3,8,10-11H,4-7,9H2,1H3,(H,21,23,27);1-3,9-10H;;;;1H/q;;;;;+1;/p-1. The Hall–Kier alpha value is -2.74. The summed E-state index contributed by atoms with van der Waals surface area (Å²) < 4.78 is 64.6. The number of nitrogens with one attached hydrogen (secondary N) is 2. The normalized spacial score (nSPS) is 12.7. The number of pyridine rings is 6. The first-order valence-electron chi connectivity index (χ1n) is 23.3. The summed E-state index contributed by atoms with van der Waals surface area (Å²) in [6.07, 6.45) is 8.38. The summed E-state index contributed by atoms with van der Waals surface area (Å²) in [5.41, 5.74) is 3.00. The molecular weight excluding hydrogens is 1150 g/mol. The van der Waals surface area contributed by atoms with E-state index >= 15 is 0 Å². The fourth-order valence-corrected chi connectivity index (χ4v) is 7.17. The van der Waals surface area contributed by atoms with Gasteiger partial charge in [0.2, 0.25) is 35.5 Å². The van der Waals surface area contributed by atoms with Crippen LogP contribution in [0.25, 0.3) is 11.3 Å². The average Bonchev–Trinajstić information content (AvgIpc) is 3.42. The van der Waals surface area contributed by atoms with Gasteiger partial charge in [-0.15, -0.1) is 0 Å². The summed E-state index contributed by atoms with van der Waals surface area (Å²) in [4.78, 5) is 87.0. The zero-order valence-corrected chi connectivity index (χ0v) is 53.9. The second kappa shape index (κ2) is 36.7. The minimum absolute atomic E-state index is 0. The Morgan fingerprint density at radius 2 is 1.10 bits per heavy atom. The molecule has 22 nitrogen and oxygen atoms in total. The van der Waals surface area contributed by atoms with Gasteiger partial charge in [-0.1, -0.05) is 11.6 Å². The van der Waals surface area contributed by atoms with Gasteiger partial charge in [0.1, 0.15) is 23.1 Å². The van der Waals surface area contributed by atoms with E-state index in [9.17, 15) is 36.7 Å². The molecule has 0 aromatic carbocycles. The van der Waals surface area contributed by atoms with Gasteiger partial charge in [0.15, 0.2) is 11.0 Å². The van der Waals surface area contributed by atoms with Gasteiger partial charge >= 0.3 is 130 Å². The van der Waals surface area contributed by atoms with E-state index < -0.39 is 38.9 Å². The third kappa shape index (κ3) is 24.4. The molecule has 0 bridgehead atoms. The maximum absolute atomic E-state index is 14.5. The van der Waals surface area contributed by atoms with Gasteiger partial charge in [0.05, 0.1) is 36.6 Å². The molecule has 1 unspecified atom stereocenters. The first-order chi connectivity index (χ1) is 36.8. The first kappa shape index (κ1) is 69.5. The number of amides is 4. The Morgan fingerprint density at radius 3 is 1.46 bits per heavy atom. The van der Waals surface area contributed by atoms with Crippen LogP contribution in [0.15, 0.2) is 97.8 Å². The Kier molecular flexibility index (Phi) is 32.7. The number of nitrogens with zero attached hydrogens (tertiary/aromatic N) is 10. The van der Waals surface area contributed by atoms with E-state index in [0.717, 1.165) is 36.6 Å². The van der Waals surface area contributed by atoms with Crippen LogP contribution in [0.2, 0.25) is 5.15 Å². The Balaban J connectivity index is 0.000000317. The van der Waals surface area contributed by atoms with Crippen LogP contribution in [0.5, 0.6) is 0 Å². The van der Waals surface area contributed by atoms with Crippen molar-refractivity contribution in [1.82, 2.24) is 39.7 Å². The summed E-state index contributed by atoms with van der Waals surface area (Å²) in [6.45, 7) is 8.73. The molecule has 78 heavy (non-hydrogen) atoms. The number of carbonyl (C=O) groups excluding carboxylic acids is 4. The zero-order valence-electron chi connectivity index (χ0n) is 42.9. The van der Waals surface area contributed by atoms with Crippen molar-refractivity contribution in [3.8, 4) is 11.3 Å². The van der Waals surface area contributed by atoms with Gasteiger partial charge in [-0.3, -0.25) is 24.2 Å². The van der Waals surface area contributed by atoms with E-state index in [-0.39, 0.29) is 110 Å². The average molecular weight is 1200 g/mol. The molecule has 0 spiro atoms. The molecule has 2 aliphatic heterocycles. The number of aromatic nitrogens is 6. The van der Waals surface area contributed by atoms with Gasteiger partial charge < -0.3 is 50.4 Å². The van der Waals surface area contributed by atoms with E-state index in [0.29, 0.717) is 62.0 Å². The number of piperazine rings is 2. The topological polar surface area (TPSA) is 296 Å². The maximum atomic E-state index is 14.5. The van der Waals surface area contributed by atoms with Gasteiger partial charge in [-0.05, 0) is 75.8 Å². The van der Waals surface area contributed by atoms with Crippen LogP contribution >= 0.6 is 19.9 Å². The fraction of sp³-hybridized carbons (Fsp3) is 0.261. The van der Waals surface area contributed by atoms with Crippen molar-refractivity contribution >= 4 is 142 Å². The zero-order chi connectivity index (χ0) is 56.6. The molecule has 8 rings (SSSR count). The van der Waals surface area contributed by atoms with Crippen molar-refractivity contribution in [2.45, 2.75) is 26.7 Å². The Bertz CT molecular complexity index is 2930. The quantitative estimate of drug-likeness (QED) is 0.0279. The fourth-order valence-electron chi connectivity index (χ4n) is 7.07. The van der Waals surface area contributed by atoms with Crippen molar-refractivity contribution in [1.29, 1.82) is 0 Å². The molecule has 8 heterocycles. The second-order valence-electron chi connectivity index (χ2n) is 16.0. The number of anilines is 4. The molecule has 0 radical (unpaired) electrons. The van der Waals surface area contributed by atoms with Crippen LogP contribution in [0.1, 0.15) is 25.0 Å². The Labute approximate surface area is 539 Å². The van der Waals surface area contributed by atoms with Crippen molar-refractivity contribution in [2.75, 3.05) is 72.8 Å². The molecule has 0 saturated carbocycles. The molecule has 2 saturated heterocycles. The van der Waals surface area contributed by atoms with Gasteiger partial charge in [0.25, 0.3) is 0 Å². The number of halogens is 5. The van der Waals surface area contributed by atoms with Crippen LogP contribution in [0.3, 0.4) is 0 Å². The monoisotopic (exact) mass is 1200 g/mol. The number of hydrogen-bond donors (Lipinski definition) is 4. The predicted octanol–water partition coefficient (Wildman–Crippen LogP) is -1.78. The van der Waals surface area contributed by atoms with Gasteiger partial charge in [-0.25, -0.2) is 38.4 Å². The van der Waals surface area contributed by atoms with Crippen molar-refractivity contribution in [2.24, 2.45) is 0 Å². The molecule has 6 aromatic rings. The van der Waals surface area contributed by atoms with Gasteiger partial charge in [0, 0.05) is 103 Å². The molecule has 396 valence electrons. The summed E-state index contributed by atoms with van der Waals surface area (Å²) in [6, 6.07) is 14.4. The molecular formula is C46H46BClF4K3N12O10P. The molecule has 32 heteroatoms. The van der Waals surface area contributed by atoms with Crippen LogP contribution in [0.4, 0.5) is 40.6 Å². The molecule has 2 fully saturated rings. The summed E-state index contributed by atoms with van der Waals surface area (Å²) >= 11 is 8.03. The second-order valence-corrected chi connectivity index (χ2v) is 16.9. The number of hydrogen-bond acceptors (Lipinski definition) is 18. The van der Waals surface area contributed by atoms with E-state index in [2.05, 4.69) is 55.0 Å². The van der Waals surface area contributed by atoms with Crippen LogP contribution in [0, 0.1) is 23.5 Å². The molecule has 4 amide bonds. The Morgan fingerprint density at radius 1 is 0.667 bits per heavy atom. The SMILES string of the molecule is CC(=O)N1CCN(c2ccc(NC(=O)Cc3cnc(-c4ccnc(F)c4)c(F)c3)nc2)CC1.CC(=O)N1CCN(c2ccc(NC(=O)Cc3cnc(Cl)c(F)c3)nc2)CC1.O=[P+]([O-])O[O-].OB(O)c1ccnc(F)c1.[K+].[K][K]. The van der Waals surface area contributed by atoms with E-state index in [1.165, 1.54) is 112 Å². The number of carbonyl (C=O) groups is 4. The minimum atomic E-state index is -3.15. The summed E-state index contributed by atoms with van der Waals surface area (Å²) in [5, 5.41) is 30.7. The van der Waals surface area contributed by atoms with Crippen LogP contribution in [-0.4, -0.2) is 196 Å². The van der Waals surface area contributed by atoms with E-state index in [1.807, 2.05) is 17.0 Å².